The van der Waals surface area contributed by atoms with E-state index in [1.807, 2.05) is 35.2 Å². The van der Waals surface area contributed by atoms with Crippen LogP contribution in [0.5, 0.6) is 0 Å². The summed E-state index contributed by atoms with van der Waals surface area (Å²) in [7, 11) is 0. The second-order valence-electron chi connectivity index (χ2n) is 4.53. The number of amides is 1. The lowest BCUT2D eigenvalue weighted by Gasteiger charge is -2.13. The van der Waals surface area contributed by atoms with Crippen molar-refractivity contribution in [2.75, 3.05) is 13.1 Å². The van der Waals surface area contributed by atoms with Gasteiger partial charge in [0.2, 0.25) is 0 Å². The molecule has 1 amide bonds. The smallest absolute Gasteiger partial charge is 0.263 e. The van der Waals surface area contributed by atoms with Crippen LogP contribution in [0, 0.1) is 0 Å². The summed E-state index contributed by atoms with van der Waals surface area (Å²) in [5.74, 6) is 0.194. The van der Waals surface area contributed by atoms with Crippen LogP contribution in [0.3, 0.4) is 0 Å². The molecule has 0 radical (unpaired) electrons. The lowest BCUT2D eigenvalue weighted by molar-refractivity contribution is 0.0797. The number of nitrogens with zero attached hydrogens (tertiary/aromatic N) is 1. The number of carbonyl (C=O) groups excluding carboxylic acids is 1. The van der Waals surface area contributed by atoms with Crippen LogP contribution >= 0.6 is 11.3 Å². The van der Waals surface area contributed by atoms with E-state index in [0.29, 0.717) is 0 Å². The normalized spacial score (nSPS) is 15.0. The molecule has 0 spiro atoms. The third kappa shape index (κ3) is 2.18. The van der Waals surface area contributed by atoms with E-state index in [2.05, 4.69) is 12.1 Å². The molecular formula is C15H15NOS. The monoisotopic (exact) mass is 257 g/mol. The average molecular weight is 257 g/mol. The highest BCUT2D eigenvalue weighted by Crippen LogP contribution is 2.29. The standard InChI is InChI=1S/C15H15NOS/c17-15(16-10-4-5-11-16)14-9-8-13(18-14)12-6-2-1-3-7-12/h1-3,6-9H,4-5,10-11H2. The topological polar surface area (TPSA) is 20.3 Å². The first-order chi connectivity index (χ1) is 8.84. The Morgan fingerprint density at radius 3 is 2.44 bits per heavy atom. The lowest BCUT2D eigenvalue weighted by Crippen LogP contribution is -2.26. The molecule has 1 saturated heterocycles. The predicted molar refractivity (Wildman–Crippen MR) is 74.9 cm³/mol. The number of rotatable bonds is 2. The van der Waals surface area contributed by atoms with Gasteiger partial charge in [-0.2, -0.15) is 0 Å². The fourth-order valence-corrected chi connectivity index (χ4v) is 3.27. The molecule has 1 aliphatic rings. The first-order valence-electron chi connectivity index (χ1n) is 6.29. The van der Waals surface area contributed by atoms with Gasteiger partial charge >= 0.3 is 0 Å². The minimum Gasteiger partial charge on any atom is -0.338 e. The van der Waals surface area contributed by atoms with E-state index in [1.54, 1.807) is 11.3 Å². The maximum atomic E-state index is 12.2. The summed E-state index contributed by atoms with van der Waals surface area (Å²) in [5, 5.41) is 0. The average Bonchev–Trinajstić information content (AvgIpc) is 3.10. The van der Waals surface area contributed by atoms with E-state index in [-0.39, 0.29) is 5.91 Å². The van der Waals surface area contributed by atoms with Gasteiger partial charge in [-0.15, -0.1) is 11.3 Å². The SMILES string of the molecule is O=C(c1ccc(-c2ccccc2)s1)N1CCCC1. The van der Waals surface area contributed by atoms with Crippen molar-refractivity contribution in [2.24, 2.45) is 0 Å². The molecule has 92 valence electrons. The first kappa shape index (κ1) is 11.5. The molecule has 2 aromatic rings. The second kappa shape index (κ2) is 4.94. The Bertz CT molecular complexity index is 541. The molecule has 0 saturated carbocycles. The van der Waals surface area contributed by atoms with Crippen LogP contribution in [0.1, 0.15) is 22.5 Å². The van der Waals surface area contributed by atoms with Gasteiger partial charge < -0.3 is 4.90 Å². The van der Waals surface area contributed by atoms with Gasteiger partial charge in [-0.25, -0.2) is 0 Å². The van der Waals surface area contributed by atoms with Crippen molar-refractivity contribution in [3.05, 3.63) is 47.3 Å². The van der Waals surface area contributed by atoms with Crippen LogP contribution in [-0.2, 0) is 0 Å². The molecule has 2 heterocycles. The highest BCUT2D eigenvalue weighted by atomic mass is 32.1. The van der Waals surface area contributed by atoms with Crippen molar-refractivity contribution < 1.29 is 4.79 Å². The molecular weight excluding hydrogens is 242 g/mol. The maximum Gasteiger partial charge on any atom is 0.263 e. The number of hydrogen-bond donors (Lipinski definition) is 0. The minimum absolute atomic E-state index is 0.194. The zero-order valence-electron chi connectivity index (χ0n) is 10.1. The Balaban J connectivity index is 1.83. The highest BCUT2D eigenvalue weighted by Gasteiger charge is 2.20. The van der Waals surface area contributed by atoms with Crippen molar-refractivity contribution in [3.63, 3.8) is 0 Å². The predicted octanol–water partition coefficient (Wildman–Crippen LogP) is 3.65. The third-order valence-electron chi connectivity index (χ3n) is 3.27. The van der Waals surface area contributed by atoms with E-state index < -0.39 is 0 Å². The van der Waals surface area contributed by atoms with Gasteiger partial charge in [0.1, 0.15) is 0 Å². The van der Waals surface area contributed by atoms with Gasteiger partial charge in [0.05, 0.1) is 4.88 Å². The molecule has 1 aliphatic heterocycles. The lowest BCUT2D eigenvalue weighted by atomic mass is 10.2. The van der Waals surface area contributed by atoms with E-state index >= 15 is 0 Å². The van der Waals surface area contributed by atoms with E-state index in [4.69, 9.17) is 0 Å². The first-order valence-corrected chi connectivity index (χ1v) is 7.11. The van der Waals surface area contributed by atoms with Crippen molar-refractivity contribution in [1.82, 2.24) is 4.90 Å². The highest BCUT2D eigenvalue weighted by molar-refractivity contribution is 7.17. The van der Waals surface area contributed by atoms with Gasteiger partial charge in [-0.05, 0) is 30.5 Å². The summed E-state index contributed by atoms with van der Waals surface area (Å²) in [6, 6.07) is 14.2. The Morgan fingerprint density at radius 2 is 1.72 bits per heavy atom. The number of hydrogen-bond acceptors (Lipinski definition) is 2. The molecule has 0 aliphatic carbocycles. The largest absolute Gasteiger partial charge is 0.338 e. The summed E-state index contributed by atoms with van der Waals surface area (Å²) in [6.07, 6.45) is 2.28. The number of likely N-dealkylation sites (tertiary alicyclic amines) is 1. The molecule has 1 aromatic carbocycles. The van der Waals surface area contributed by atoms with Crippen LogP contribution < -0.4 is 0 Å². The van der Waals surface area contributed by atoms with E-state index in [9.17, 15) is 4.79 Å². The number of thiophene rings is 1. The van der Waals surface area contributed by atoms with Crippen molar-refractivity contribution >= 4 is 17.2 Å². The molecule has 1 aromatic heterocycles. The van der Waals surface area contributed by atoms with Crippen LogP contribution in [0.2, 0.25) is 0 Å². The van der Waals surface area contributed by atoms with Gasteiger partial charge in [0.25, 0.3) is 5.91 Å². The third-order valence-corrected chi connectivity index (χ3v) is 4.39. The van der Waals surface area contributed by atoms with Gasteiger partial charge in [-0.3, -0.25) is 4.79 Å². The molecule has 3 heteroatoms. The zero-order chi connectivity index (χ0) is 12.4. The Hall–Kier alpha value is -1.61. The second-order valence-corrected chi connectivity index (χ2v) is 5.61. The van der Waals surface area contributed by atoms with Crippen molar-refractivity contribution in [1.29, 1.82) is 0 Å². The Kier molecular flexibility index (Phi) is 3.15. The van der Waals surface area contributed by atoms with Crippen LogP contribution in [0.15, 0.2) is 42.5 Å². The number of carbonyl (C=O) groups is 1. The summed E-state index contributed by atoms with van der Waals surface area (Å²) in [5.41, 5.74) is 1.18. The molecule has 0 N–H and O–H groups in total. The number of benzene rings is 1. The molecule has 0 bridgehead atoms. The molecule has 3 rings (SSSR count). The van der Waals surface area contributed by atoms with Crippen molar-refractivity contribution in [3.8, 4) is 10.4 Å². The molecule has 0 atom stereocenters. The summed E-state index contributed by atoms with van der Waals surface area (Å²) >= 11 is 1.59. The molecule has 2 nitrogen and oxygen atoms in total. The fraction of sp³-hybridized carbons (Fsp3) is 0.267. The van der Waals surface area contributed by atoms with Gasteiger partial charge in [0, 0.05) is 18.0 Å². The van der Waals surface area contributed by atoms with Gasteiger partial charge in [-0.1, -0.05) is 30.3 Å². The van der Waals surface area contributed by atoms with Crippen LogP contribution in [-0.4, -0.2) is 23.9 Å². The Labute approximate surface area is 111 Å². The molecule has 0 unspecified atom stereocenters. The fourth-order valence-electron chi connectivity index (χ4n) is 2.29. The molecule has 1 fully saturated rings. The van der Waals surface area contributed by atoms with Crippen LogP contribution in [0.25, 0.3) is 10.4 Å². The Morgan fingerprint density at radius 1 is 1.00 bits per heavy atom. The van der Waals surface area contributed by atoms with Crippen molar-refractivity contribution in [2.45, 2.75) is 12.8 Å². The summed E-state index contributed by atoms with van der Waals surface area (Å²) in [6.45, 7) is 1.83. The summed E-state index contributed by atoms with van der Waals surface area (Å²) < 4.78 is 0. The summed E-state index contributed by atoms with van der Waals surface area (Å²) in [4.78, 5) is 16.2. The molecule has 18 heavy (non-hydrogen) atoms. The maximum absolute atomic E-state index is 12.2. The zero-order valence-corrected chi connectivity index (χ0v) is 11.0. The van der Waals surface area contributed by atoms with E-state index in [1.165, 1.54) is 5.56 Å². The quantitative estimate of drug-likeness (QED) is 0.804. The minimum atomic E-state index is 0.194. The van der Waals surface area contributed by atoms with E-state index in [0.717, 1.165) is 35.7 Å². The van der Waals surface area contributed by atoms with Gasteiger partial charge in [0.15, 0.2) is 0 Å². The van der Waals surface area contributed by atoms with Crippen LogP contribution in [0.4, 0.5) is 0 Å².